The van der Waals surface area contributed by atoms with Gasteiger partial charge >= 0.3 is 0 Å². The quantitative estimate of drug-likeness (QED) is 0.850. The van der Waals surface area contributed by atoms with Gasteiger partial charge in [-0.1, -0.05) is 36.4 Å². The van der Waals surface area contributed by atoms with Crippen molar-refractivity contribution in [3.63, 3.8) is 0 Å². The van der Waals surface area contributed by atoms with Crippen molar-refractivity contribution >= 4 is 5.91 Å². The molecule has 0 spiro atoms. The number of rotatable bonds is 7. The molecule has 22 heavy (non-hydrogen) atoms. The molecule has 4 heteroatoms. The van der Waals surface area contributed by atoms with Crippen molar-refractivity contribution in [3.05, 3.63) is 66.0 Å². The molecule has 0 aliphatic carbocycles. The fourth-order valence-corrected chi connectivity index (χ4v) is 2.65. The predicted molar refractivity (Wildman–Crippen MR) is 88.4 cm³/mol. The van der Waals surface area contributed by atoms with Crippen LogP contribution < -0.4 is 5.73 Å². The maximum absolute atomic E-state index is 12.4. The number of nitrogens with two attached hydrogens (primary N) is 1. The average Bonchev–Trinajstić information content (AvgIpc) is 2.53. The third-order valence-electron chi connectivity index (χ3n) is 3.96. The van der Waals surface area contributed by atoms with E-state index in [0.717, 1.165) is 17.8 Å². The predicted octanol–water partition coefficient (Wildman–Crippen LogP) is 2.00. The molecule has 0 saturated heterocycles. The fourth-order valence-electron chi connectivity index (χ4n) is 2.65. The van der Waals surface area contributed by atoms with Crippen LogP contribution in [0.1, 0.15) is 17.7 Å². The number of hydrogen-bond acceptors (Lipinski definition) is 3. The van der Waals surface area contributed by atoms with Crippen molar-refractivity contribution in [2.45, 2.75) is 18.3 Å². The molecule has 0 fully saturated rings. The second-order valence-electron chi connectivity index (χ2n) is 5.88. The van der Waals surface area contributed by atoms with Crippen molar-refractivity contribution in [2.75, 3.05) is 20.6 Å². The standard InChI is InChI=1S/C18H23N3O/c1-21(2)13-11-18(17(19)22,16-10-6-7-12-20-16)14-15-8-4-3-5-9-15/h3-10,12H,11,13-14H2,1-2H3,(H2,19,22). The molecular formula is C18H23N3O. The Bertz CT molecular complexity index is 598. The highest BCUT2D eigenvalue weighted by molar-refractivity contribution is 5.86. The number of aromatic nitrogens is 1. The Hall–Kier alpha value is -2.20. The SMILES string of the molecule is CN(C)CCC(Cc1ccccc1)(C(N)=O)c1ccccn1. The highest BCUT2D eigenvalue weighted by Gasteiger charge is 2.39. The van der Waals surface area contributed by atoms with Gasteiger partial charge in [-0.25, -0.2) is 0 Å². The van der Waals surface area contributed by atoms with Gasteiger partial charge in [-0.15, -0.1) is 0 Å². The summed E-state index contributed by atoms with van der Waals surface area (Å²) < 4.78 is 0. The van der Waals surface area contributed by atoms with Gasteiger partial charge in [0.25, 0.3) is 0 Å². The van der Waals surface area contributed by atoms with Gasteiger partial charge in [0, 0.05) is 6.20 Å². The average molecular weight is 297 g/mol. The summed E-state index contributed by atoms with van der Waals surface area (Å²) in [7, 11) is 3.99. The monoisotopic (exact) mass is 297 g/mol. The summed E-state index contributed by atoms with van der Waals surface area (Å²) in [6, 6.07) is 15.6. The Balaban J connectivity index is 2.43. The molecule has 2 aromatic rings. The second kappa shape index (κ2) is 7.18. The molecule has 1 aromatic heterocycles. The lowest BCUT2D eigenvalue weighted by molar-refractivity contribution is -0.124. The number of carbonyl (C=O) groups is 1. The number of benzene rings is 1. The first-order valence-electron chi connectivity index (χ1n) is 7.45. The molecule has 2 N–H and O–H groups in total. The van der Waals surface area contributed by atoms with E-state index in [1.807, 2.05) is 62.6 Å². The van der Waals surface area contributed by atoms with Gasteiger partial charge in [0.15, 0.2) is 0 Å². The summed E-state index contributed by atoms with van der Waals surface area (Å²) in [4.78, 5) is 18.9. The number of primary amides is 1. The molecule has 0 saturated carbocycles. The van der Waals surface area contributed by atoms with Gasteiger partial charge in [-0.05, 0) is 51.2 Å². The molecule has 4 nitrogen and oxygen atoms in total. The number of pyridine rings is 1. The van der Waals surface area contributed by atoms with E-state index in [2.05, 4.69) is 9.88 Å². The molecule has 1 unspecified atom stereocenters. The van der Waals surface area contributed by atoms with Gasteiger partial charge in [0.1, 0.15) is 0 Å². The van der Waals surface area contributed by atoms with Crippen LogP contribution in [-0.4, -0.2) is 36.4 Å². The molecule has 0 radical (unpaired) electrons. The Morgan fingerprint density at radius 2 is 1.82 bits per heavy atom. The summed E-state index contributed by atoms with van der Waals surface area (Å²) in [5.74, 6) is -0.322. The zero-order valence-electron chi connectivity index (χ0n) is 13.2. The molecule has 2 rings (SSSR count). The maximum Gasteiger partial charge on any atom is 0.230 e. The van der Waals surface area contributed by atoms with Crippen LogP contribution in [0.3, 0.4) is 0 Å². The van der Waals surface area contributed by atoms with Gasteiger partial charge in [0.2, 0.25) is 5.91 Å². The molecule has 1 heterocycles. The molecule has 1 aromatic carbocycles. The molecular weight excluding hydrogens is 274 g/mol. The van der Waals surface area contributed by atoms with Crippen molar-refractivity contribution in [1.29, 1.82) is 0 Å². The molecule has 0 aliphatic heterocycles. The van der Waals surface area contributed by atoms with Gasteiger partial charge in [-0.3, -0.25) is 9.78 Å². The van der Waals surface area contributed by atoms with E-state index in [0.29, 0.717) is 12.8 Å². The van der Waals surface area contributed by atoms with Crippen molar-refractivity contribution < 1.29 is 4.79 Å². The third kappa shape index (κ3) is 3.71. The summed E-state index contributed by atoms with van der Waals surface area (Å²) >= 11 is 0. The minimum atomic E-state index is -0.785. The zero-order valence-corrected chi connectivity index (χ0v) is 13.2. The van der Waals surface area contributed by atoms with Crippen LogP contribution in [0.5, 0.6) is 0 Å². The van der Waals surface area contributed by atoms with Crippen LogP contribution in [0.2, 0.25) is 0 Å². The van der Waals surface area contributed by atoms with E-state index >= 15 is 0 Å². The van der Waals surface area contributed by atoms with Crippen molar-refractivity contribution in [3.8, 4) is 0 Å². The normalized spacial score (nSPS) is 13.8. The van der Waals surface area contributed by atoms with E-state index in [1.54, 1.807) is 6.20 Å². The van der Waals surface area contributed by atoms with Crippen molar-refractivity contribution in [1.82, 2.24) is 9.88 Å². The molecule has 0 aliphatic rings. The lowest BCUT2D eigenvalue weighted by Crippen LogP contribution is -2.45. The Morgan fingerprint density at radius 1 is 1.14 bits per heavy atom. The summed E-state index contributed by atoms with van der Waals surface area (Å²) in [5, 5.41) is 0. The molecule has 1 amide bonds. The Labute approximate surface area is 132 Å². The molecule has 1 atom stereocenters. The lowest BCUT2D eigenvalue weighted by atomic mass is 9.74. The van der Waals surface area contributed by atoms with E-state index in [-0.39, 0.29) is 5.91 Å². The lowest BCUT2D eigenvalue weighted by Gasteiger charge is -2.31. The van der Waals surface area contributed by atoms with Gasteiger partial charge in [0.05, 0.1) is 11.1 Å². The first-order chi connectivity index (χ1) is 10.5. The molecule has 116 valence electrons. The first-order valence-corrected chi connectivity index (χ1v) is 7.45. The number of nitrogens with zero attached hydrogens (tertiary/aromatic N) is 2. The maximum atomic E-state index is 12.4. The number of amides is 1. The van der Waals surface area contributed by atoms with E-state index in [1.165, 1.54) is 0 Å². The van der Waals surface area contributed by atoms with Crippen LogP contribution in [0, 0.1) is 0 Å². The minimum Gasteiger partial charge on any atom is -0.369 e. The highest BCUT2D eigenvalue weighted by atomic mass is 16.1. The van der Waals surface area contributed by atoms with Crippen LogP contribution in [0.25, 0.3) is 0 Å². The van der Waals surface area contributed by atoms with Crippen LogP contribution in [0.15, 0.2) is 54.7 Å². The van der Waals surface area contributed by atoms with E-state index in [4.69, 9.17) is 5.73 Å². The van der Waals surface area contributed by atoms with Crippen LogP contribution in [-0.2, 0) is 16.6 Å². The van der Waals surface area contributed by atoms with Gasteiger partial charge < -0.3 is 10.6 Å². The van der Waals surface area contributed by atoms with Gasteiger partial charge in [-0.2, -0.15) is 0 Å². The second-order valence-corrected chi connectivity index (χ2v) is 5.88. The third-order valence-corrected chi connectivity index (χ3v) is 3.96. The zero-order chi connectivity index (χ0) is 16.0. The first kappa shape index (κ1) is 16.2. The Morgan fingerprint density at radius 3 is 2.36 bits per heavy atom. The number of carbonyl (C=O) groups excluding carboxylic acids is 1. The van der Waals surface area contributed by atoms with Crippen LogP contribution >= 0.6 is 0 Å². The van der Waals surface area contributed by atoms with E-state index < -0.39 is 5.41 Å². The minimum absolute atomic E-state index is 0.322. The van der Waals surface area contributed by atoms with Crippen molar-refractivity contribution in [2.24, 2.45) is 5.73 Å². The largest absolute Gasteiger partial charge is 0.369 e. The number of hydrogen-bond donors (Lipinski definition) is 1. The molecule has 0 bridgehead atoms. The van der Waals surface area contributed by atoms with E-state index in [9.17, 15) is 4.79 Å². The summed E-state index contributed by atoms with van der Waals surface area (Å²) in [5.41, 5.74) is 6.89. The fraction of sp³-hybridized carbons (Fsp3) is 0.333. The van der Waals surface area contributed by atoms with Crippen LogP contribution in [0.4, 0.5) is 0 Å². The highest BCUT2D eigenvalue weighted by Crippen LogP contribution is 2.31. The topological polar surface area (TPSA) is 59.2 Å². The summed E-state index contributed by atoms with van der Waals surface area (Å²) in [6.45, 7) is 0.770. The smallest absolute Gasteiger partial charge is 0.230 e. The summed E-state index contributed by atoms with van der Waals surface area (Å²) in [6.07, 6.45) is 2.92. The Kier molecular flexibility index (Phi) is 5.28.